The van der Waals surface area contributed by atoms with Crippen molar-refractivity contribution in [2.24, 2.45) is 17.3 Å². The van der Waals surface area contributed by atoms with Crippen molar-refractivity contribution in [1.82, 2.24) is 0 Å². The van der Waals surface area contributed by atoms with Gasteiger partial charge in [-0.1, -0.05) is 31.9 Å². The van der Waals surface area contributed by atoms with E-state index in [4.69, 9.17) is 0 Å². The molecule has 2 aliphatic carbocycles. The van der Waals surface area contributed by atoms with Crippen LogP contribution >= 0.6 is 0 Å². The number of nitrogens with two attached hydrogens (primary N) is 1. The topological polar surface area (TPSA) is 21.1 Å². The molecule has 122 valence electrons. The minimum absolute atomic E-state index is 0.486. The fraction of sp³-hybridized carbons (Fsp3) is 0.895. The number of nitrogens with one attached hydrogen (secondary N) is 1. The molecular formula is C19H38N2+2. The molecule has 0 fully saturated rings. The van der Waals surface area contributed by atoms with E-state index in [1.54, 1.807) is 4.90 Å². The summed E-state index contributed by atoms with van der Waals surface area (Å²) in [7, 11) is 4.50. The van der Waals surface area contributed by atoms with Gasteiger partial charge >= 0.3 is 0 Å². The largest absolute Gasteiger partial charge is 0.346 e. The highest BCUT2D eigenvalue weighted by atomic mass is 15.1. The Balaban J connectivity index is 1.84. The number of hydrogen-bond acceptors (Lipinski definition) is 0. The Hall–Kier alpha value is -0.340. The molecule has 2 heteroatoms. The van der Waals surface area contributed by atoms with E-state index in [1.807, 2.05) is 11.1 Å². The Labute approximate surface area is 132 Å². The molecule has 2 aliphatic rings. The van der Waals surface area contributed by atoms with Gasteiger partial charge in [0.05, 0.1) is 33.7 Å². The lowest BCUT2D eigenvalue weighted by Crippen LogP contribution is -3.06. The Morgan fingerprint density at radius 2 is 2.00 bits per heavy atom. The summed E-state index contributed by atoms with van der Waals surface area (Å²) in [4.78, 5) is 1.58. The van der Waals surface area contributed by atoms with Crippen molar-refractivity contribution in [3.8, 4) is 0 Å². The summed E-state index contributed by atoms with van der Waals surface area (Å²) in [6, 6.07) is 0. The zero-order valence-corrected chi connectivity index (χ0v) is 15.1. The van der Waals surface area contributed by atoms with Gasteiger partial charge in [0.15, 0.2) is 0 Å². The third kappa shape index (κ3) is 4.56. The lowest BCUT2D eigenvalue weighted by atomic mass is 9.63. The Bertz CT molecular complexity index is 368. The first-order valence-electron chi connectivity index (χ1n) is 9.22. The van der Waals surface area contributed by atoms with E-state index in [2.05, 4.69) is 40.2 Å². The monoisotopic (exact) mass is 294 g/mol. The predicted molar refractivity (Wildman–Crippen MR) is 90.5 cm³/mol. The Morgan fingerprint density at radius 1 is 1.24 bits per heavy atom. The highest BCUT2D eigenvalue weighted by molar-refractivity contribution is 5.27. The number of hydrogen-bond donors (Lipinski definition) is 2. The molecule has 0 aliphatic heterocycles. The van der Waals surface area contributed by atoms with Gasteiger partial charge in [-0.25, -0.2) is 0 Å². The molecule has 21 heavy (non-hydrogen) atoms. The molecule has 3 N–H and O–H groups in total. The average Bonchev–Trinajstić information content (AvgIpc) is 2.38. The maximum atomic E-state index is 2.59. The molecule has 0 spiro atoms. The van der Waals surface area contributed by atoms with Crippen LogP contribution in [-0.2, 0) is 0 Å². The minimum Gasteiger partial charge on any atom is -0.346 e. The van der Waals surface area contributed by atoms with Crippen LogP contribution in [0.25, 0.3) is 0 Å². The van der Waals surface area contributed by atoms with Gasteiger partial charge < -0.3 is 10.2 Å². The average molecular weight is 295 g/mol. The smallest absolute Gasteiger partial charge is 0.0821 e. The van der Waals surface area contributed by atoms with E-state index >= 15 is 0 Å². The van der Waals surface area contributed by atoms with E-state index in [-0.39, 0.29) is 0 Å². The summed E-state index contributed by atoms with van der Waals surface area (Å²) in [5, 5.41) is 2.59. The standard InChI is InChI=1S/C19H36N2/c1-15-12-16-8-6-9-19(2,3)18(16)13-17(15)14-20-10-7-11-21(4)5/h15,17,20H,6-14H2,1-5H3/p+2/t15-,17-/m1/s1. The highest BCUT2D eigenvalue weighted by Gasteiger charge is 2.37. The van der Waals surface area contributed by atoms with Crippen LogP contribution in [-0.4, -0.2) is 33.7 Å². The Kier molecular flexibility index (Phi) is 5.90. The molecule has 0 aromatic carbocycles. The van der Waals surface area contributed by atoms with Gasteiger partial charge in [-0.15, -0.1) is 0 Å². The molecule has 0 amide bonds. The summed E-state index contributed by atoms with van der Waals surface area (Å²) in [5.41, 5.74) is 4.18. The quantitative estimate of drug-likeness (QED) is 0.549. The van der Waals surface area contributed by atoms with Crippen LogP contribution in [0.5, 0.6) is 0 Å². The first-order valence-corrected chi connectivity index (χ1v) is 9.22. The fourth-order valence-electron chi connectivity index (χ4n) is 4.44. The second-order valence-electron chi connectivity index (χ2n) is 8.59. The molecule has 2 rings (SSSR count). The van der Waals surface area contributed by atoms with E-state index in [1.165, 1.54) is 58.2 Å². The molecule has 0 bridgehead atoms. The summed E-state index contributed by atoms with van der Waals surface area (Å²) in [5.74, 6) is 1.81. The van der Waals surface area contributed by atoms with Crippen molar-refractivity contribution >= 4 is 0 Å². The van der Waals surface area contributed by atoms with Gasteiger partial charge in [-0.3, -0.25) is 0 Å². The predicted octanol–water partition coefficient (Wildman–Crippen LogP) is 1.64. The van der Waals surface area contributed by atoms with E-state index in [9.17, 15) is 0 Å². The second kappa shape index (κ2) is 7.28. The van der Waals surface area contributed by atoms with Crippen molar-refractivity contribution in [3.05, 3.63) is 11.1 Å². The molecule has 0 aromatic rings. The summed E-state index contributed by atoms with van der Waals surface area (Å²) >= 11 is 0. The number of allylic oxidation sites excluding steroid dienone is 2. The molecule has 0 unspecified atom stereocenters. The van der Waals surface area contributed by atoms with Crippen LogP contribution in [0, 0.1) is 17.3 Å². The van der Waals surface area contributed by atoms with Crippen molar-refractivity contribution in [1.29, 1.82) is 0 Å². The van der Waals surface area contributed by atoms with Crippen LogP contribution in [0.3, 0.4) is 0 Å². The van der Waals surface area contributed by atoms with Crippen molar-refractivity contribution in [3.63, 3.8) is 0 Å². The SMILES string of the molecule is C[C@@H]1CC2=C(C[C@@H]1C[NH2+]CCC[NH+](C)C)C(C)(C)CCC2. The molecule has 0 aromatic heterocycles. The van der Waals surface area contributed by atoms with Gasteiger partial charge in [-0.05, 0) is 43.4 Å². The molecule has 0 saturated heterocycles. The number of quaternary nitrogens is 2. The fourth-order valence-corrected chi connectivity index (χ4v) is 4.44. The van der Waals surface area contributed by atoms with Crippen LogP contribution in [0.1, 0.15) is 59.3 Å². The van der Waals surface area contributed by atoms with Gasteiger partial charge in [-0.2, -0.15) is 0 Å². The zero-order valence-electron chi connectivity index (χ0n) is 15.1. The molecule has 2 atom stereocenters. The van der Waals surface area contributed by atoms with Crippen LogP contribution in [0.2, 0.25) is 0 Å². The zero-order chi connectivity index (χ0) is 15.5. The molecule has 0 saturated carbocycles. The van der Waals surface area contributed by atoms with Crippen molar-refractivity contribution in [2.75, 3.05) is 33.7 Å². The van der Waals surface area contributed by atoms with E-state index < -0.39 is 0 Å². The molecule has 0 radical (unpaired) electrons. The van der Waals surface area contributed by atoms with Gasteiger partial charge in [0.2, 0.25) is 0 Å². The van der Waals surface area contributed by atoms with Gasteiger partial charge in [0.1, 0.15) is 0 Å². The first kappa shape index (κ1) is 17.0. The van der Waals surface area contributed by atoms with E-state index in [0.29, 0.717) is 5.41 Å². The molecular weight excluding hydrogens is 256 g/mol. The lowest BCUT2D eigenvalue weighted by Gasteiger charge is -2.42. The van der Waals surface area contributed by atoms with Crippen LogP contribution in [0.4, 0.5) is 0 Å². The normalized spacial score (nSPS) is 28.9. The highest BCUT2D eigenvalue weighted by Crippen LogP contribution is 2.48. The van der Waals surface area contributed by atoms with Crippen LogP contribution < -0.4 is 10.2 Å². The first-order chi connectivity index (χ1) is 9.90. The Morgan fingerprint density at radius 3 is 2.71 bits per heavy atom. The summed E-state index contributed by atoms with van der Waals surface area (Å²) in [6.07, 6.45) is 8.34. The van der Waals surface area contributed by atoms with Crippen molar-refractivity contribution in [2.45, 2.75) is 59.3 Å². The van der Waals surface area contributed by atoms with Crippen molar-refractivity contribution < 1.29 is 10.2 Å². The maximum absolute atomic E-state index is 2.59. The van der Waals surface area contributed by atoms with Gasteiger partial charge in [0, 0.05) is 12.3 Å². The van der Waals surface area contributed by atoms with E-state index in [0.717, 1.165) is 11.8 Å². The summed E-state index contributed by atoms with van der Waals surface area (Å²) < 4.78 is 0. The number of rotatable bonds is 6. The second-order valence-corrected chi connectivity index (χ2v) is 8.59. The molecule has 2 nitrogen and oxygen atoms in total. The van der Waals surface area contributed by atoms with Gasteiger partial charge in [0.25, 0.3) is 0 Å². The summed E-state index contributed by atoms with van der Waals surface area (Å²) in [6.45, 7) is 11.4. The minimum atomic E-state index is 0.486. The lowest BCUT2D eigenvalue weighted by molar-refractivity contribution is -0.860. The maximum Gasteiger partial charge on any atom is 0.0821 e. The molecule has 0 heterocycles. The third-order valence-corrected chi connectivity index (χ3v) is 5.92. The van der Waals surface area contributed by atoms with Crippen LogP contribution in [0.15, 0.2) is 11.1 Å². The third-order valence-electron chi connectivity index (χ3n) is 5.92.